The first kappa shape index (κ1) is 14.9. The van der Waals surface area contributed by atoms with Gasteiger partial charge < -0.3 is 10.0 Å². The minimum absolute atomic E-state index is 0.321. The van der Waals surface area contributed by atoms with Crippen LogP contribution in [0.5, 0.6) is 0 Å². The van der Waals surface area contributed by atoms with Crippen molar-refractivity contribution < 1.29 is 5.11 Å². The van der Waals surface area contributed by atoms with E-state index in [0.717, 1.165) is 31.1 Å². The molecule has 2 fully saturated rings. The smallest absolute Gasteiger partial charge is 0.0787 e. The molecule has 0 spiro atoms. The van der Waals surface area contributed by atoms with Crippen molar-refractivity contribution in [2.75, 3.05) is 31.1 Å². The van der Waals surface area contributed by atoms with E-state index in [0.29, 0.717) is 0 Å². The van der Waals surface area contributed by atoms with Gasteiger partial charge in [-0.1, -0.05) is 31.9 Å². The van der Waals surface area contributed by atoms with Gasteiger partial charge in [0.15, 0.2) is 0 Å². The van der Waals surface area contributed by atoms with E-state index in [-0.39, 0.29) is 6.10 Å². The third-order valence-electron chi connectivity index (χ3n) is 5.19. The van der Waals surface area contributed by atoms with Gasteiger partial charge in [0.05, 0.1) is 6.10 Å². The summed E-state index contributed by atoms with van der Waals surface area (Å²) in [5.74, 6) is 0. The highest BCUT2D eigenvalue weighted by Crippen LogP contribution is 2.26. The van der Waals surface area contributed by atoms with Crippen molar-refractivity contribution >= 4 is 5.69 Å². The summed E-state index contributed by atoms with van der Waals surface area (Å²) in [4.78, 5) is 5.17. The number of hydrogen-bond acceptors (Lipinski definition) is 3. The zero-order valence-electron chi connectivity index (χ0n) is 13.2. The Bertz CT molecular complexity index is 431. The van der Waals surface area contributed by atoms with Gasteiger partial charge in [0.2, 0.25) is 0 Å². The summed E-state index contributed by atoms with van der Waals surface area (Å²) in [5, 5.41) is 9.87. The maximum Gasteiger partial charge on any atom is 0.0787 e. The Labute approximate surface area is 128 Å². The number of benzene rings is 1. The van der Waals surface area contributed by atoms with Crippen molar-refractivity contribution in [2.45, 2.75) is 51.2 Å². The molecule has 0 amide bonds. The highest BCUT2D eigenvalue weighted by atomic mass is 16.3. The van der Waals surface area contributed by atoms with Crippen LogP contribution in [0.15, 0.2) is 24.3 Å². The predicted octanol–water partition coefficient (Wildman–Crippen LogP) is 3.19. The third kappa shape index (κ3) is 3.41. The van der Waals surface area contributed by atoms with Crippen molar-refractivity contribution in [1.29, 1.82) is 0 Å². The summed E-state index contributed by atoms with van der Waals surface area (Å²) in [6.07, 6.45) is 6.11. The van der Waals surface area contributed by atoms with E-state index in [1.165, 1.54) is 44.5 Å². The lowest BCUT2D eigenvalue weighted by molar-refractivity contribution is 0.173. The second-order valence-electron chi connectivity index (χ2n) is 6.48. The third-order valence-corrected chi connectivity index (χ3v) is 5.19. The first-order valence-electron chi connectivity index (χ1n) is 8.55. The highest BCUT2D eigenvalue weighted by molar-refractivity contribution is 5.48. The summed E-state index contributed by atoms with van der Waals surface area (Å²) in [6, 6.07) is 9.34. The Balaban J connectivity index is 1.56. The van der Waals surface area contributed by atoms with Crippen LogP contribution in [0.4, 0.5) is 5.69 Å². The van der Waals surface area contributed by atoms with Crippen LogP contribution in [-0.4, -0.2) is 42.2 Å². The van der Waals surface area contributed by atoms with Crippen molar-refractivity contribution in [3.05, 3.63) is 29.8 Å². The van der Waals surface area contributed by atoms with Crippen LogP contribution >= 0.6 is 0 Å². The fraction of sp³-hybridized carbons (Fsp3) is 0.667. The zero-order valence-corrected chi connectivity index (χ0v) is 13.2. The van der Waals surface area contributed by atoms with Crippen LogP contribution in [0.3, 0.4) is 0 Å². The summed E-state index contributed by atoms with van der Waals surface area (Å²) in [5.41, 5.74) is 2.33. The van der Waals surface area contributed by atoms with Gasteiger partial charge in [-0.25, -0.2) is 0 Å². The average molecular weight is 288 g/mol. The molecule has 1 N–H and O–H groups in total. The number of aliphatic hydroxyl groups is 1. The molecule has 3 heteroatoms. The van der Waals surface area contributed by atoms with Gasteiger partial charge in [0, 0.05) is 37.9 Å². The fourth-order valence-electron chi connectivity index (χ4n) is 3.76. The summed E-state index contributed by atoms with van der Waals surface area (Å²) < 4.78 is 0. The standard InChI is InChI=1S/C18H28N2O/c1-2-18(21)15-7-9-17(10-8-15)20-13-11-19(12-14-20)16-5-3-4-6-16/h7-10,16,18,21H,2-6,11-14H2,1H3. The van der Waals surface area contributed by atoms with Gasteiger partial charge in [-0.2, -0.15) is 0 Å². The Morgan fingerprint density at radius 2 is 1.67 bits per heavy atom. The summed E-state index contributed by atoms with van der Waals surface area (Å²) in [6.45, 7) is 6.67. The summed E-state index contributed by atoms with van der Waals surface area (Å²) in [7, 11) is 0. The number of rotatable bonds is 4. The molecule has 3 rings (SSSR count). The molecule has 1 unspecified atom stereocenters. The Hall–Kier alpha value is -1.06. The number of anilines is 1. The molecule has 2 aliphatic rings. The highest BCUT2D eigenvalue weighted by Gasteiger charge is 2.26. The molecular weight excluding hydrogens is 260 g/mol. The maximum atomic E-state index is 9.87. The molecule has 0 aromatic heterocycles. The molecule has 0 bridgehead atoms. The van der Waals surface area contributed by atoms with Crippen LogP contribution < -0.4 is 4.90 Å². The molecule has 1 aliphatic heterocycles. The van der Waals surface area contributed by atoms with E-state index in [1.807, 2.05) is 6.92 Å². The Kier molecular flexibility index (Phi) is 4.81. The molecule has 1 aliphatic carbocycles. The lowest BCUT2D eigenvalue weighted by Gasteiger charge is -2.39. The second kappa shape index (κ2) is 6.80. The monoisotopic (exact) mass is 288 g/mol. The first-order valence-corrected chi connectivity index (χ1v) is 8.55. The SMILES string of the molecule is CCC(O)c1ccc(N2CCN(C3CCCC3)CC2)cc1. The van der Waals surface area contributed by atoms with Crippen molar-refractivity contribution in [3.63, 3.8) is 0 Å². The molecular formula is C18H28N2O. The minimum Gasteiger partial charge on any atom is -0.388 e. The molecule has 1 aromatic rings. The molecule has 21 heavy (non-hydrogen) atoms. The van der Waals surface area contributed by atoms with E-state index in [9.17, 15) is 5.11 Å². The largest absolute Gasteiger partial charge is 0.388 e. The van der Waals surface area contributed by atoms with E-state index >= 15 is 0 Å². The second-order valence-corrected chi connectivity index (χ2v) is 6.48. The quantitative estimate of drug-likeness (QED) is 0.921. The minimum atomic E-state index is -0.321. The molecule has 116 valence electrons. The normalized spacial score (nSPS) is 22.7. The van der Waals surface area contributed by atoms with Gasteiger partial charge in [0.25, 0.3) is 0 Å². The topological polar surface area (TPSA) is 26.7 Å². The first-order chi connectivity index (χ1) is 10.3. The van der Waals surface area contributed by atoms with Crippen LogP contribution in [0, 0.1) is 0 Å². The molecule has 1 saturated carbocycles. The molecule has 3 nitrogen and oxygen atoms in total. The lowest BCUT2D eigenvalue weighted by Crippen LogP contribution is -2.49. The van der Waals surface area contributed by atoms with Crippen LogP contribution in [-0.2, 0) is 0 Å². The van der Waals surface area contributed by atoms with Gasteiger partial charge in [0.1, 0.15) is 0 Å². The fourth-order valence-corrected chi connectivity index (χ4v) is 3.76. The molecule has 1 aromatic carbocycles. The van der Waals surface area contributed by atoms with Crippen LogP contribution in [0.25, 0.3) is 0 Å². The van der Waals surface area contributed by atoms with Crippen molar-refractivity contribution in [3.8, 4) is 0 Å². The van der Waals surface area contributed by atoms with Gasteiger partial charge in [-0.15, -0.1) is 0 Å². The average Bonchev–Trinajstić information content (AvgIpc) is 3.09. The Morgan fingerprint density at radius 1 is 1.05 bits per heavy atom. The Morgan fingerprint density at radius 3 is 2.24 bits per heavy atom. The number of nitrogens with zero attached hydrogens (tertiary/aromatic N) is 2. The predicted molar refractivity (Wildman–Crippen MR) is 87.7 cm³/mol. The van der Waals surface area contributed by atoms with E-state index < -0.39 is 0 Å². The molecule has 1 saturated heterocycles. The molecule has 1 heterocycles. The van der Waals surface area contributed by atoms with E-state index in [1.54, 1.807) is 0 Å². The molecule has 0 radical (unpaired) electrons. The van der Waals surface area contributed by atoms with Gasteiger partial charge in [-0.3, -0.25) is 4.90 Å². The van der Waals surface area contributed by atoms with E-state index in [4.69, 9.17) is 0 Å². The summed E-state index contributed by atoms with van der Waals surface area (Å²) >= 11 is 0. The van der Waals surface area contributed by atoms with Crippen LogP contribution in [0.1, 0.15) is 50.7 Å². The van der Waals surface area contributed by atoms with Crippen LogP contribution in [0.2, 0.25) is 0 Å². The number of hydrogen-bond donors (Lipinski definition) is 1. The van der Waals surface area contributed by atoms with E-state index in [2.05, 4.69) is 34.1 Å². The van der Waals surface area contributed by atoms with Gasteiger partial charge >= 0.3 is 0 Å². The number of piperazine rings is 1. The molecule has 1 atom stereocenters. The van der Waals surface area contributed by atoms with Crippen molar-refractivity contribution in [1.82, 2.24) is 4.90 Å². The zero-order chi connectivity index (χ0) is 14.7. The van der Waals surface area contributed by atoms with Gasteiger partial charge in [-0.05, 0) is 37.0 Å². The van der Waals surface area contributed by atoms with Crippen molar-refractivity contribution in [2.24, 2.45) is 0 Å². The maximum absolute atomic E-state index is 9.87. The number of aliphatic hydroxyl groups excluding tert-OH is 1. The lowest BCUT2D eigenvalue weighted by atomic mass is 10.1.